The van der Waals surface area contributed by atoms with Crippen LogP contribution in [0.2, 0.25) is 0 Å². The highest BCUT2D eigenvalue weighted by molar-refractivity contribution is 5.67. The van der Waals surface area contributed by atoms with E-state index < -0.39 is 6.09 Å². The molecule has 0 aliphatic heterocycles. The van der Waals surface area contributed by atoms with Gasteiger partial charge in [0.2, 0.25) is 0 Å². The Kier molecular flexibility index (Phi) is 5.75. The fourth-order valence-electron chi connectivity index (χ4n) is 1.39. The third kappa shape index (κ3) is 4.48. The van der Waals surface area contributed by atoms with Crippen molar-refractivity contribution in [3.8, 4) is 11.8 Å². The molecule has 0 fully saturated rings. The Morgan fingerprint density at radius 2 is 2.11 bits per heavy atom. The van der Waals surface area contributed by atoms with Gasteiger partial charge in [-0.3, -0.25) is 0 Å². The molecule has 4 heteroatoms. The van der Waals surface area contributed by atoms with Gasteiger partial charge in [0.15, 0.2) is 0 Å². The smallest absolute Gasteiger partial charge is 0.407 e. The molecule has 2 N–H and O–H groups in total. The molecule has 0 saturated carbocycles. The highest BCUT2D eigenvalue weighted by atomic mass is 16.5. The third-order valence-electron chi connectivity index (χ3n) is 2.40. The number of nitrogens with one attached hydrogen (secondary N) is 1. The molecule has 0 bridgehead atoms. The van der Waals surface area contributed by atoms with Gasteiger partial charge >= 0.3 is 6.09 Å². The largest absolute Gasteiger partial charge is 0.453 e. The predicted molar refractivity (Wildman–Crippen MR) is 69.0 cm³/mol. The van der Waals surface area contributed by atoms with Crippen molar-refractivity contribution in [1.82, 2.24) is 5.32 Å². The molecule has 0 heterocycles. The number of amides is 1. The molecular weight excluding hydrogens is 230 g/mol. The summed E-state index contributed by atoms with van der Waals surface area (Å²) in [4.78, 5) is 11.1. The molecule has 18 heavy (non-hydrogen) atoms. The molecule has 4 nitrogen and oxygen atoms in total. The summed E-state index contributed by atoms with van der Waals surface area (Å²) < 4.78 is 4.54. The first-order chi connectivity index (χ1) is 8.67. The molecule has 1 amide bonds. The number of alkyl carbamates (subject to hydrolysis) is 1. The van der Waals surface area contributed by atoms with Gasteiger partial charge in [-0.25, -0.2) is 4.79 Å². The van der Waals surface area contributed by atoms with Gasteiger partial charge in [-0.05, 0) is 24.6 Å². The van der Waals surface area contributed by atoms with Crippen LogP contribution in [-0.4, -0.2) is 24.9 Å². The minimum atomic E-state index is -0.450. The van der Waals surface area contributed by atoms with Crippen molar-refractivity contribution in [2.75, 3.05) is 13.7 Å². The van der Waals surface area contributed by atoms with Crippen LogP contribution in [0.5, 0.6) is 0 Å². The zero-order valence-corrected chi connectivity index (χ0v) is 10.6. The molecule has 1 atom stereocenters. The number of benzene rings is 1. The van der Waals surface area contributed by atoms with Crippen molar-refractivity contribution < 1.29 is 14.6 Å². The summed E-state index contributed by atoms with van der Waals surface area (Å²) in [6, 6.07) is 7.47. The lowest BCUT2D eigenvalue weighted by Gasteiger charge is -2.13. The van der Waals surface area contributed by atoms with Gasteiger partial charge in [0.05, 0.1) is 19.8 Å². The van der Waals surface area contributed by atoms with Crippen molar-refractivity contribution in [2.24, 2.45) is 0 Å². The van der Waals surface area contributed by atoms with Crippen LogP contribution >= 0.6 is 0 Å². The van der Waals surface area contributed by atoms with E-state index in [1.807, 2.05) is 31.2 Å². The maximum atomic E-state index is 11.1. The molecule has 0 saturated heterocycles. The lowest BCUT2D eigenvalue weighted by Crippen LogP contribution is -2.26. The second-order valence-corrected chi connectivity index (χ2v) is 3.75. The van der Waals surface area contributed by atoms with Crippen molar-refractivity contribution >= 4 is 6.09 Å². The monoisotopic (exact) mass is 247 g/mol. The number of rotatable bonds is 3. The summed E-state index contributed by atoms with van der Waals surface area (Å²) in [6.45, 7) is 1.95. The summed E-state index contributed by atoms with van der Waals surface area (Å²) in [6.07, 6.45) is 0.0245. The number of ether oxygens (including phenoxy) is 1. The number of hydrogen-bond donors (Lipinski definition) is 2. The van der Waals surface area contributed by atoms with Gasteiger partial charge in [-0.15, -0.1) is 0 Å². The first-order valence-corrected chi connectivity index (χ1v) is 5.71. The normalized spacial score (nSPS) is 11.1. The summed E-state index contributed by atoms with van der Waals surface area (Å²) in [5, 5.41) is 11.3. The Hall–Kier alpha value is -1.99. The van der Waals surface area contributed by atoms with Crippen LogP contribution in [0.3, 0.4) is 0 Å². The molecule has 1 rings (SSSR count). The molecule has 0 aliphatic carbocycles. The van der Waals surface area contributed by atoms with Crippen LogP contribution in [0.25, 0.3) is 0 Å². The Labute approximate surface area is 107 Å². The van der Waals surface area contributed by atoms with Crippen LogP contribution in [0, 0.1) is 11.8 Å². The van der Waals surface area contributed by atoms with Crippen LogP contribution in [0.4, 0.5) is 4.79 Å². The van der Waals surface area contributed by atoms with Gasteiger partial charge in [0.25, 0.3) is 0 Å². The van der Waals surface area contributed by atoms with E-state index in [2.05, 4.69) is 21.9 Å². The minimum absolute atomic E-state index is 0.0746. The standard InChI is InChI=1S/C14H17NO3/c1-11(15-14(17)18-2)13-8-6-12(7-9-13)5-3-4-10-16/h6-9,11,16H,4,10H2,1-2H3,(H,15,17). The van der Waals surface area contributed by atoms with Crippen molar-refractivity contribution in [1.29, 1.82) is 0 Å². The maximum absolute atomic E-state index is 11.1. The van der Waals surface area contributed by atoms with Gasteiger partial charge in [0, 0.05) is 12.0 Å². The van der Waals surface area contributed by atoms with Gasteiger partial charge < -0.3 is 15.2 Å². The van der Waals surface area contributed by atoms with Crippen LogP contribution in [0.15, 0.2) is 24.3 Å². The fourth-order valence-corrected chi connectivity index (χ4v) is 1.39. The molecule has 0 aliphatic rings. The van der Waals surface area contributed by atoms with E-state index in [0.29, 0.717) is 6.42 Å². The van der Waals surface area contributed by atoms with E-state index in [1.54, 1.807) is 0 Å². The molecule has 96 valence electrons. The van der Waals surface area contributed by atoms with Crippen LogP contribution in [-0.2, 0) is 4.74 Å². The first-order valence-electron chi connectivity index (χ1n) is 5.71. The van der Waals surface area contributed by atoms with Gasteiger partial charge in [-0.2, -0.15) is 0 Å². The zero-order chi connectivity index (χ0) is 13.4. The lowest BCUT2D eigenvalue weighted by molar-refractivity contribution is 0.167. The van der Waals surface area contributed by atoms with Gasteiger partial charge in [0.1, 0.15) is 0 Å². The third-order valence-corrected chi connectivity index (χ3v) is 2.40. The van der Waals surface area contributed by atoms with Crippen molar-refractivity contribution in [2.45, 2.75) is 19.4 Å². The van der Waals surface area contributed by atoms with Crippen molar-refractivity contribution in [3.63, 3.8) is 0 Å². The first kappa shape index (κ1) is 14.1. The maximum Gasteiger partial charge on any atom is 0.407 e. The summed E-state index contributed by atoms with van der Waals surface area (Å²) in [5.41, 5.74) is 1.87. The van der Waals surface area contributed by atoms with E-state index in [0.717, 1.165) is 11.1 Å². The van der Waals surface area contributed by atoms with Crippen LogP contribution < -0.4 is 5.32 Å². The minimum Gasteiger partial charge on any atom is -0.453 e. The Balaban J connectivity index is 2.65. The van der Waals surface area contributed by atoms with E-state index in [-0.39, 0.29) is 12.6 Å². The molecule has 1 aromatic carbocycles. The Morgan fingerprint density at radius 1 is 1.44 bits per heavy atom. The quantitative estimate of drug-likeness (QED) is 0.801. The number of aliphatic hydroxyl groups excluding tert-OH is 1. The number of carbonyl (C=O) groups excluding carboxylic acids is 1. The molecular formula is C14H17NO3. The Bertz CT molecular complexity index is 442. The zero-order valence-electron chi connectivity index (χ0n) is 10.6. The lowest BCUT2D eigenvalue weighted by atomic mass is 10.1. The molecule has 0 aromatic heterocycles. The number of carbonyl (C=O) groups is 1. The van der Waals surface area contributed by atoms with E-state index >= 15 is 0 Å². The van der Waals surface area contributed by atoms with Gasteiger partial charge in [-0.1, -0.05) is 24.0 Å². The SMILES string of the molecule is COC(=O)NC(C)c1ccc(C#CCCO)cc1. The number of methoxy groups -OCH3 is 1. The average molecular weight is 247 g/mol. The Morgan fingerprint density at radius 3 is 2.67 bits per heavy atom. The highest BCUT2D eigenvalue weighted by Gasteiger charge is 2.08. The van der Waals surface area contributed by atoms with E-state index in [9.17, 15) is 4.79 Å². The van der Waals surface area contributed by atoms with Crippen LogP contribution in [0.1, 0.15) is 30.5 Å². The second kappa shape index (κ2) is 7.36. The number of aliphatic hydroxyl groups is 1. The molecule has 1 aromatic rings. The topological polar surface area (TPSA) is 58.6 Å². The summed E-state index contributed by atoms with van der Waals surface area (Å²) in [5.74, 6) is 5.79. The molecule has 0 radical (unpaired) electrons. The molecule has 0 spiro atoms. The molecule has 1 unspecified atom stereocenters. The fraction of sp³-hybridized carbons (Fsp3) is 0.357. The van der Waals surface area contributed by atoms with E-state index in [4.69, 9.17) is 5.11 Å². The second-order valence-electron chi connectivity index (χ2n) is 3.75. The summed E-state index contributed by atoms with van der Waals surface area (Å²) in [7, 11) is 1.34. The van der Waals surface area contributed by atoms with Crippen molar-refractivity contribution in [3.05, 3.63) is 35.4 Å². The predicted octanol–water partition coefficient (Wildman–Crippen LogP) is 1.84. The summed E-state index contributed by atoms with van der Waals surface area (Å²) >= 11 is 0. The van der Waals surface area contributed by atoms with E-state index in [1.165, 1.54) is 7.11 Å². The number of hydrogen-bond acceptors (Lipinski definition) is 3. The average Bonchev–Trinajstić information content (AvgIpc) is 2.39. The highest BCUT2D eigenvalue weighted by Crippen LogP contribution is 2.13.